The number of nitrogens with zero attached hydrogens (tertiary/aromatic N) is 4. The number of benzene rings is 2. The number of ether oxygens (including phenoxy) is 1. The number of hydrogen-bond donors (Lipinski definition) is 1. The van der Waals surface area contributed by atoms with Gasteiger partial charge in [0, 0.05) is 24.7 Å². The quantitative estimate of drug-likeness (QED) is 0.218. The molecule has 0 unspecified atom stereocenters. The molecule has 2 aromatic carbocycles. The summed E-state index contributed by atoms with van der Waals surface area (Å²) in [5.74, 6) is -4.07. The maximum atomic E-state index is 16.1. The molecule has 15 heteroatoms. The molecule has 1 atom stereocenters. The van der Waals surface area contributed by atoms with E-state index < -0.39 is 57.7 Å². The number of halogens is 4. The largest absolute Gasteiger partial charge is 0.444 e. The Balaban J connectivity index is 1.60. The van der Waals surface area contributed by atoms with Crippen molar-refractivity contribution in [2.24, 2.45) is 0 Å². The van der Waals surface area contributed by atoms with Gasteiger partial charge in [0.2, 0.25) is 5.78 Å². The monoisotopic (exact) mass is 699 g/mol. The molecular formula is C26H21F3IN5O5S. The highest BCUT2D eigenvalue weighted by Crippen LogP contribution is 2.33. The molecule has 1 aliphatic rings. The number of amides is 1. The van der Waals surface area contributed by atoms with Gasteiger partial charge >= 0.3 is 16.3 Å². The Bertz CT molecular complexity index is 1770. The van der Waals surface area contributed by atoms with Crippen molar-refractivity contribution in [1.29, 1.82) is 0 Å². The highest BCUT2D eigenvalue weighted by Gasteiger charge is 2.42. The minimum Gasteiger partial charge on any atom is -0.444 e. The molecular weight excluding hydrogens is 678 g/mol. The average Bonchev–Trinajstić information content (AvgIpc) is 3.52. The topological polar surface area (TPSA) is 128 Å². The van der Waals surface area contributed by atoms with Crippen molar-refractivity contribution in [3.63, 3.8) is 0 Å². The van der Waals surface area contributed by atoms with Gasteiger partial charge in [-0.2, -0.15) is 17.0 Å². The second-order valence-corrected chi connectivity index (χ2v) is 12.0. The molecule has 0 saturated carbocycles. The van der Waals surface area contributed by atoms with Crippen LogP contribution in [-0.2, 0) is 21.6 Å². The molecule has 41 heavy (non-hydrogen) atoms. The fourth-order valence-electron chi connectivity index (χ4n) is 4.42. The van der Waals surface area contributed by atoms with E-state index in [-0.39, 0.29) is 40.5 Å². The standard InChI is InChI=1S/C26H21F3IN5O5S/c27-16-8-9-33(12-16)41(38,39)35(26(37)40-14-15-4-2-1-3-5-15)21-7-6-20(28)22(23(21)29)24(36)19-13-34(30)25-18(19)10-17(31)11-32-25/h1-7,10-11,13,16H,8-9,12,14,31H2/t16-/m1/s1. The van der Waals surface area contributed by atoms with Gasteiger partial charge in [-0.15, -0.1) is 0 Å². The highest BCUT2D eigenvalue weighted by molar-refractivity contribution is 14.1. The number of ketones is 1. The molecule has 0 aliphatic carbocycles. The first-order valence-corrected chi connectivity index (χ1v) is 14.5. The molecule has 214 valence electrons. The number of pyridine rings is 1. The summed E-state index contributed by atoms with van der Waals surface area (Å²) in [6.07, 6.45) is -0.536. The molecule has 1 amide bonds. The van der Waals surface area contributed by atoms with Crippen molar-refractivity contribution in [2.45, 2.75) is 19.2 Å². The summed E-state index contributed by atoms with van der Waals surface area (Å²) in [6.45, 7) is -1.25. The Morgan fingerprint density at radius 2 is 1.90 bits per heavy atom. The van der Waals surface area contributed by atoms with E-state index in [2.05, 4.69) is 4.98 Å². The normalized spacial score (nSPS) is 15.8. The molecule has 1 aliphatic heterocycles. The van der Waals surface area contributed by atoms with E-state index in [1.807, 2.05) is 22.9 Å². The minimum atomic E-state index is -4.92. The molecule has 4 aromatic rings. The van der Waals surface area contributed by atoms with Gasteiger partial charge < -0.3 is 10.5 Å². The molecule has 3 heterocycles. The predicted octanol–water partition coefficient (Wildman–Crippen LogP) is 4.76. The van der Waals surface area contributed by atoms with Crippen LogP contribution in [-0.4, -0.2) is 51.6 Å². The lowest BCUT2D eigenvalue weighted by molar-refractivity contribution is 0.103. The van der Waals surface area contributed by atoms with Crippen LogP contribution in [0, 0.1) is 11.6 Å². The van der Waals surface area contributed by atoms with Crippen LogP contribution < -0.4 is 10.0 Å². The smallest absolute Gasteiger partial charge is 0.429 e. The van der Waals surface area contributed by atoms with Gasteiger partial charge in [0.15, 0.2) is 5.82 Å². The third-order valence-electron chi connectivity index (χ3n) is 6.41. The van der Waals surface area contributed by atoms with Gasteiger partial charge in [0.25, 0.3) is 0 Å². The number of anilines is 2. The van der Waals surface area contributed by atoms with Crippen molar-refractivity contribution in [3.05, 3.63) is 89.2 Å². The second-order valence-electron chi connectivity index (χ2n) is 9.13. The van der Waals surface area contributed by atoms with Crippen LogP contribution >= 0.6 is 22.9 Å². The average molecular weight is 699 g/mol. The van der Waals surface area contributed by atoms with Crippen molar-refractivity contribution < 1.29 is 35.9 Å². The molecule has 0 bridgehead atoms. The number of carbonyl (C=O) groups is 2. The lowest BCUT2D eigenvalue weighted by Crippen LogP contribution is -2.47. The van der Waals surface area contributed by atoms with Crippen molar-refractivity contribution in [3.8, 4) is 0 Å². The van der Waals surface area contributed by atoms with Gasteiger partial charge in [-0.05, 0) is 30.2 Å². The molecule has 0 radical (unpaired) electrons. The first-order chi connectivity index (χ1) is 19.5. The number of aromatic nitrogens is 2. The van der Waals surface area contributed by atoms with E-state index in [1.54, 1.807) is 30.3 Å². The highest BCUT2D eigenvalue weighted by atomic mass is 127. The van der Waals surface area contributed by atoms with Gasteiger partial charge in [-0.3, -0.25) is 7.58 Å². The van der Waals surface area contributed by atoms with E-state index in [9.17, 15) is 22.4 Å². The Hall–Kier alpha value is -3.70. The van der Waals surface area contributed by atoms with Crippen LogP contribution in [0.15, 0.2) is 60.9 Å². The molecule has 1 saturated heterocycles. The summed E-state index contributed by atoms with van der Waals surface area (Å²) in [4.78, 5) is 30.9. The Morgan fingerprint density at radius 3 is 2.59 bits per heavy atom. The van der Waals surface area contributed by atoms with Gasteiger partial charge in [0.1, 0.15) is 29.9 Å². The molecule has 2 aromatic heterocycles. The zero-order valence-corrected chi connectivity index (χ0v) is 24.0. The molecule has 10 nitrogen and oxygen atoms in total. The van der Waals surface area contributed by atoms with E-state index in [0.29, 0.717) is 27.6 Å². The third kappa shape index (κ3) is 5.48. The van der Waals surface area contributed by atoms with Crippen LogP contribution in [0.4, 0.5) is 29.3 Å². The van der Waals surface area contributed by atoms with Crippen LogP contribution in [0.3, 0.4) is 0 Å². The molecule has 2 N–H and O–H groups in total. The Labute approximate surface area is 246 Å². The molecule has 5 rings (SSSR count). The van der Waals surface area contributed by atoms with Crippen molar-refractivity contribution in [1.82, 2.24) is 12.1 Å². The SMILES string of the molecule is Nc1cnc2c(c1)c(C(=O)c1c(F)ccc(N(C(=O)OCc3ccccc3)S(=O)(=O)N3CC[C@@H](F)C3)c1F)cn2I. The zero-order valence-electron chi connectivity index (χ0n) is 21.0. The Morgan fingerprint density at radius 1 is 1.17 bits per heavy atom. The number of fused-ring (bicyclic) bond motifs is 1. The number of rotatable bonds is 7. The minimum absolute atomic E-state index is 0.0132. The summed E-state index contributed by atoms with van der Waals surface area (Å²) in [5.41, 5.74) is 4.54. The van der Waals surface area contributed by atoms with E-state index in [4.69, 9.17) is 10.5 Å². The lowest BCUT2D eigenvalue weighted by atomic mass is 10.0. The van der Waals surface area contributed by atoms with Gasteiger partial charge in [0.05, 0.1) is 45.9 Å². The fourth-order valence-corrected chi connectivity index (χ4v) is 6.63. The zero-order chi connectivity index (χ0) is 29.5. The van der Waals surface area contributed by atoms with Crippen LogP contribution in [0.5, 0.6) is 0 Å². The van der Waals surface area contributed by atoms with Gasteiger partial charge in [-0.1, -0.05) is 30.3 Å². The van der Waals surface area contributed by atoms with Crippen molar-refractivity contribution in [2.75, 3.05) is 23.1 Å². The van der Waals surface area contributed by atoms with Crippen LogP contribution in [0.2, 0.25) is 0 Å². The summed E-state index contributed by atoms with van der Waals surface area (Å²) in [7, 11) is -4.92. The molecule has 1 fully saturated rings. The second kappa shape index (κ2) is 11.3. The van der Waals surface area contributed by atoms with Crippen molar-refractivity contribution >= 4 is 67.4 Å². The summed E-state index contributed by atoms with van der Waals surface area (Å²) in [6, 6.07) is 11.0. The first kappa shape index (κ1) is 28.8. The third-order valence-corrected chi connectivity index (χ3v) is 8.93. The fraction of sp³-hybridized carbons (Fsp3) is 0.192. The maximum Gasteiger partial charge on any atom is 0.429 e. The number of nitrogens with two attached hydrogens (primary N) is 1. The van der Waals surface area contributed by atoms with E-state index >= 15 is 8.78 Å². The first-order valence-electron chi connectivity index (χ1n) is 12.1. The van der Waals surface area contributed by atoms with Crippen LogP contribution in [0.1, 0.15) is 27.9 Å². The maximum absolute atomic E-state index is 16.1. The van der Waals surface area contributed by atoms with Gasteiger partial charge in [-0.25, -0.2) is 22.9 Å². The number of hydrogen-bond acceptors (Lipinski definition) is 7. The van der Waals surface area contributed by atoms with Crippen LogP contribution in [0.25, 0.3) is 11.0 Å². The predicted molar refractivity (Wildman–Crippen MR) is 152 cm³/mol. The summed E-state index contributed by atoms with van der Waals surface area (Å²) in [5, 5.41) is 0.200. The van der Waals surface area contributed by atoms with E-state index in [1.165, 1.54) is 21.2 Å². The molecule has 0 spiro atoms. The Kier molecular flexibility index (Phi) is 7.93. The lowest BCUT2D eigenvalue weighted by Gasteiger charge is -2.27. The number of carbonyl (C=O) groups excluding carboxylic acids is 2. The number of nitrogen functional groups attached to an aromatic ring is 1. The van der Waals surface area contributed by atoms with E-state index in [0.717, 1.165) is 0 Å². The summed E-state index contributed by atoms with van der Waals surface area (Å²) < 4.78 is 79.5. The number of alkyl halides is 1. The summed E-state index contributed by atoms with van der Waals surface area (Å²) >= 11 is 1.82.